The lowest BCUT2D eigenvalue weighted by Gasteiger charge is -2.37. The van der Waals surface area contributed by atoms with Crippen LogP contribution >= 0.6 is 0 Å². The molecule has 2 heterocycles. The summed E-state index contributed by atoms with van der Waals surface area (Å²) in [5.41, 5.74) is 3.07. The van der Waals surface area contributed by atoms with Crippen molar-refractivity contribution in [1.29, 1.82) is 0 Å². The van der Waals surface area contributed by atoms with Crippen molar-refractivity contribution in [3.63, 3.8) is 0 Å². The minimum atomic E-state index is -0.699. The molecular formula is C22H24N4O3. The van der Waals surface area contributed by atoms with Crippen LogP contribution in [0.5, 0.6) is 0 Å². The van der Waals surface area contributed by atoms with Crippen LogP contribution in [0.15, 0.2) is 48.5 Å². The van der Waals surface area contributed by atoms with Crippen LogP contribution in [0.25, 0.3) is 0 Å². The Balaban J connectivity index is 1.60. The fraction of sp³-hybridized carbons (Fsp3) is 0.318. The van der Waals surface area contributed by atoms with Gasteiger partial charge in [0.25, 0.3) is 11.8 Å². The number of likely N-dealkylation sites (tertiary alicyclic amines) is 1. The van der Waals surface area contributed by atoms with E-state index in [-0.39, 0.29) is 17.9 Å². The topological polar surface area (TPSA) is 73.0 Å². The molecule has 2 aromatic carbocycles. The minimum absolute atomic E-state index is 0.198. The van der Waals surface area contributed by atoms with Crippen molar-refractivity contribution in [2.45, 2.75) is 25.4 Å². The molecule has 0 unspecified atom stereocenters. The third-order valence-electron chi connectivity index (χ3n) is 5.57. The Labute approximate surface area is 169 Å². The number of benzene rings is 2. The largest absolute Gasteiger partial charge is 0.378 e. The summed E-state index contributed by atoms with van der Waals surface area (Å²) in [5, 5.41) is 2.90. The molecule has 2 aliphatic rings. The van der Waals surface area contributed by atoms with Crippen molar-refractivity contribution < 1.29 is 14.4 Å². The number of amides is 4. The Bertz CT molecular complexity index is 953. The van der Waals surface area contributed by atoms with E-state index in [1.54, 1.807) is 29.2 Å². The fourth-order valence-electron chi connectivity index (χ4n) is 3.94. The van der Waals surface area contributed by atoms with Gasteiger partial charge in [-0.25, -0.2) is 9.69 Å². The van der Waals surface area contributed by atoms with Crippen molar-refractivity contribution >= 4 is 29.2 Å². The summed E-state index contributed by atoms with van der Waals surface area (Å²) in [4.78, 5) is 43.6. The van der Waals surface area contributed by atoms with E-state index in [4.69, 9.17) is 0 Å². The normalized spacial score (nSPS) is 21.1. The van der Waals surface area contributed by atoms with Crippen LogP contribution in [0, 0.1) is 6.92 Å². The van der Waals surface area contributed by atoms with Crippen molar-refractivity contribution in [2.75, 3.05) is 30.4 Å². The predicted molar refractivity (Wildman–Crippen MR) is 111 cm³/mol. The molecule has 0 aliphatic carbocycles. The number of anilines is 2. The number of nitrogens with one attached hydrogen (secondary N) is 1. The van der Waals surface area contributed by atoms with E-state index in [1.165, 1.54) is 0 Å². The zero-order valence-electron chi connectivity index (χ0n) is 16.8. The second kappa shape index (κ2) is 7.24. The van der Waals surface area contributed by atoms with E-state index in [1.807, 2.05) is 50.2 Å². The standard InChI is InChI=1S/C22H24N4O3/c1-14-4-8-17(9-5-14)26-21(28)19-18(23-22(26)29)12-13-25(19)20(27)15-6-10-16(11-7-15)24(2)3/h4-11,18-19H,12-13H2,1-3H3,(H,23,29)/t18-,19+/m1/s1. The second-order valence-electron chi connectivity index (χ2n) is 7.74. The Morgan fingerprint density at radius 1 is 1.03 bits per heavy atom. The van der Waals surface area contributed by atoms with E-state index in [9.17, 15) is 14.4 Å². The summed E-state index contributed by atoms with van der Waals surface area (Å²) < 4.78 is 0. The van der Waals surface area contributed by atoms with Crippen LogP contribution in [0.2, 0.25) is 0 Å². The van der Waals surface area contributed by atoms with Crippen LogP contribution in [-0.2, 0) is 4.79 Å². The van der Waals surface area contributed by atoms with Crippen LogP contribution in [0.4, 0.5) is 16.2 Å². The van der Waals surface area contributed by atoms with Crippen molar-refractivity contribution in [1.82, 2.24) is 10.2 Å². The van der Waals surface area contributed by atoms with Gasteiger partial charge in [0.15, 0.2) is 0 Å². The highest BCUT2D eigenvalue weighted by Gasteiger charge is 2.49. The van der Waals surface area contributed by atoms with Gasteiger partial charge in [-0.1, -0.05) is 17.7 Å². The lowest BCUT2D eigenvalue weighted by atomic mass is 10.0. The Morgan fingerprint density at radius 2 is 1.69 bits per heavy atom. The lowest BCUT2D eigenvalue weighted by molar-refractivity contribution is -0.122. The Morgan fingerprint density at radius 3 is 2.31 bits per heavy atom. The van der Waals surface area contributed by atoms with Crippen molar-refractivity contribution in [3.05, 3.63) is 59.7 Å². The van der Waals surface area contributed by atoms with E-state index >= 15 is 0 Å². The number of imide groups is 1. The van der Waals surface area contributed by atoms with Gasteiger partial charge in [-0.3, -0.25) is 9.59 Å². The number of fused-ring (bicyclic) bond motifs is 1. The molecule has 2 fully saturated rings. The zero-order valence-corrected chi connectivity index (χ0v) is 16.8. The minimum Gasteiger partial charge on any atom is -0.378 e. The van der Waals surface area contributed by atoms with Gasteiger partial charge in [-0.2, -0.15) is 0 Å². The molecule has 2 saturated heterocycles. The summed E-state index contributed by atoms with van der Waals surface area (Å²) in [6.07, 6.45) is 0.561. The maximum atomic E-state index is 13.3. The highest BCUT2D eigenvalue weighted by molar-refractivity contribution is 6.19. The van der Waals surface area contributed by atoms with Gasteiger partial charge in [0.1, 0.15) is 6.04 Å². The van der Waals surface area contributed by atoms with Crippen LogP contribution in [-0.4, -0.2) is 55.5 Å². The highest BCUT2D eigenvalue weighted by Crippen LogP contribution is 2.29. The summed E-state index contributed by atoms with van der Waals surface area (Å²) in [6.45, 7) is 2.37. The average Bonchev–Trinajstić information content (AvgIpc) is 3.13. The fourth-order valence-corrected chi connectivity index (χ4v) is 3.94. The summed E-state index contributed by atoms with van der Waals surface area (Å²) in [6, 6.07) is 13.0. The number of hydrogen-bond donors (Lipinski definition) is 1. The molecule has 2 atom stereocenters. The number of aryl methyl sites for hydroxylation is 1. The van der Waals surface area contributed by atoms with E-state index in [0.717, 1.165) is 16.2 Å². The molecule has 7 nitrogen and oxygen atoms in total. The van der Waals surface area contributed by atoms with Crippen LogP contribution in [0.1, 0.15) is 22.3 Å². The molecule has 1 N–H and O–H groups in total. The Hall–Kier alpha value is -3.35. The number of rotatable bonds is 3. The first kappa shape index (κ1) is 19.0. The first-order valence-electron chi connectivity index (χ1n) is 9.66. The van der Waals surface area contributed by atoms with E-state index in [0.29, 0.717) is 24.2 Å². The molecule has 4 rings (SSSR count). The molecule has 29 heavy (non-hydrogen) atoms. The summed E-state index contributed by atoms with van der Waals surface area (Å²) in [5.74, 6) is -0.561. The summed E-state index contributed by atoms with van der Waals surface area (Å²) in [7, 11) is 3.87. The molecule has 0 aromatic heterocycles. The van der Waals surface area contributed by atoms with E-state index < -0.39 is 12.1 Å². The second-order valence-corrected chi connectivity index (χ2v) is 7.74. The average molecular weight is 392 g/mol. The van der Waals surface area contributed by atoms with Gasteiger partial charge in [0.05, 0.1) is 11.7 Å². The van der Waals surface area contributed by atoms with Crippen LogP contribution < -0.4 is 15.1 Å². The molecule has 2 aliphatic heterocycles. The quantitative estimate of drug-likeness (QED) is 0.871. The van der Waals surface area contributed by atoms with Gasteiger partial charge in [0, 0.05) is 31.9 Å². The Kier molecular flexibility index (Phi) is 4.74. The first-order valence-corrected chi connectivity index (χ1v) is 9.66. The highest BCUT2D eigenvalue weighted by atomic mass is 16.2. The molecule has 2 aromatic rings. The number of hydrogen-bond acceptors (Lipinski definition) is 4. The van der Waals surface area contributed by atoms with Gasteiger partial charge >= 0.3 is 6.03 Å². The predicted octanol–water partition coefficient (Wildman–Crippen LogP) is 2.40. The van der Waals surface area contributed by atoms with E-state index in [2.05, 4.69) is 5.32 Å². The van der Waals surface area contributed by atoms with Gasteiger partial charge in [0.2, 0.25) is 0 Å². The third kappa shape index (κ3) is 3.33. The molecule has 0 bridgehead atoms. The number of carbonyl (C=O) groups is 3. The van der Waals surface area contributed by atoms with Crippen molar-refractivity contribution in [3.8, 4) is 0 Å². The maximum Gasteiger partial charge on any atom is 0.329 e. The molecule has 7 heteroatoms. The maximum absolute atomic E-state index is 13.3. The van der Waals surface area contributed by atoms with Crippen LogP contribution in [0.3, 0.4) is 0 Å². The number of nitrogens with zero attached hydrogens (tertiary/aromatic N) is 3. The zero-order chi connectivity index (χ0) is 20.7. The molecular weight excluding hydrogens is 368 g/mol. The smallest absolute Gasteiger partial charge is 0.329 e. The third-order valence-corrected chi connectivity index (χ3v) is 5.57. The summed E-state index contributed by atoms with van der Waals surface area (Å²) >= 11 is 0. The molecule has 4 amide bonds. The first-order chi connectivity index (χ1) is 13.9. The molecule has 0 spiro atoms. The number of urea groups is 1. The SMILES string of the molecule is Cc1ccc(N2C(=O)N[C@@H]3CCN(C(=O)c4ccc(N(C)C)cc4)[C@@H]3C2=O)cc1. The number of carbonyl (C=O) groups excluding carboxylic acids is 3. The monoisotopic (exact) mass is 392 g/mol. The van der Waals surface area contributed by atoms with Gasteiger partial charge in [-0.05, 0) is 49.7 Å². The molecule has 0 saturated carbocycles. The van der Waals surface area contributed by atoms with Gasteiger partial charge < -0.3 is 15.1 Å². The molecule has 150 valence electrons. The molecule has 0 radical (unpaired) electrons. The lowest BCUT2D eigenvalue weighted by Crippen LogP contribution is -2.65. The van der Waals surface area contributed by atoms with Gasteiger partial charge in [-0.15, -0.1) is 0 Å². The van der Waals surface area contributed by atoms with Crippen molar-refractivity contribution in [2.24, 2.45) is 0 Å².